The van der Waals surface area contributed by atoms with Gasteiger partial charge in [-0.05, 0) is 43.5 Å². The molecule has 1 amide bonds. The highest BCUT2D eigenvalue weighted by molar-refractivity contribution is 5.94. The Hall–Kier alpha value is -2.21. The average molecular weight is 303 g/mol. The van der Waals surface area contributed by atoms with Gasteiger partial charge in [-0.15, -0.1) is 10.2 Å². The number of carbonyl (C=O) groups excluding carboxylic acids is 1. The number of benzene rings is 1. The number of aromatic nitrogens is 2. The van der Waals surface area contributed by atoms with E-state index in [2.05, 4.69) is 15.5 Å². The third-order valence-electron chi connectivity index (χ3n) is 3.27. The predicted octanol–water partition coefficient (Wildman–Crippen LogP) is 2.18. The molecule has 0 saturated carbocycles. The summed E-state index contributed by atoms with van der Waals surface area (Å²) in [5.74, 6) is 1.04. The van der Waals surface area contributed by atoms with Crippen molar-refractivity contribution in [1.29, 1.82) is 0 Å². The first-order chi connectivity index (χ1) is 10.5. The molecule has 2 unspecified atom stereocenters. The fraction of sp³-hybridized carbons (Fsp3) is 0.438. The number of nitrogens with zero attached hydrogens (tertiary/aromatic N) is 2. The molecule has 22 heavy (non-hydrogen) atoms. The Balaban J connectivity index is 1.94. The third kappa shape index (κ3) is 4.39. The maximum absolute atomic E-state index is 12.1. The fourth-order valence-corrected chi connectivity index (χ4v) is 2.21. The van der Waals surface area contributed by atoms with Crippen LogP contribution in [0.2, 0.25) is 0 Å². The zero-order valence-electron chi connectivity index (χ0n) is 13.0. The minimum atomic E-state index is -0.357. The number of amides is 1. The van der Waals surface area contributed by atoms with Gasteiger partial charge in [-0.1, -0.05) is 6.92 Å². The highest BCUT2D eigenvalue weighted by atomic mass is 16.4. The standard InChI is InChI=1S/C16H21N3O3/c1-10(8-11(2)20)9-17-15(21)13-4-6-14(7-5-13)16-19-18-12(3)22-16/h4-7,10-11,20H,8-9H2,1-3H3,(H,17,21). The first-order valence-electron chi connectivity index (χ1n) is 7.32. The summed E-state index contributed by atoms with van der Waals surface area (Å²) in [6.45, 7) is 6.01. The van der Waals surface area contributed by atoms with E-state index in [9.17, 15) is 9.90 Å². The molecule has 0 aliphatic rings. The highest BCUT2D eigenvalue weighted by Crippen LogP contribution is 2.18. The molecule has 1 aromatic carbocycles. The van der Waals surface area contributed by atoms with Crippen LogP contribution in [0.4, 0.5) is 0 Å². The van der Waals surface area contributed by atoms with Crippen LogP contribution in [0, 0.1) is 12.8 Å². The van der Waals surface area contributed by atoms with Gasteiger partial charge in [-0.2, -0.15) is 0 Å². The number of rotatable bonds is 6. The molecule has 6 nitrogen and oxygen atoms in total. The quantitative estimate of drug-likeness (QED) is 0.854. The molecule has 6 heteroatoms. The Morgan fingerprint density at radius 1 is 1.27 bits per heavy atom. The van der Waals surface area contributed by atoms with Crippen molar-refractivity contribution in [2.24, 2.45) is 5.92 Å². The summed E-state index contributed by atoms with van der Waals surface area (Å²) in [5, 5.41) is 19.9. The lowest BCUT2D eigenvalue weighted by Crippen LogP contribution is -2.29. The van der Waals surface area contributed by atoms with Gasteiger partial charge in [-0.3, -0.25) is 4.79 Å². The van der Waals surface area contributed by atoms with Crippen molar-refractivity contribution in [3.8, 4) is 11.5 Å². The van der Waals surface area contributed by atoms with Crippen LogP contribution in [-0.2, 0) is 0 Å². The molecule has 2 N–H and O–H groups in total. The molecule has 0 aliphatic heterocycles. The van der Waals surface area contributed by atoms with Crippen LogP contribution in [0.15, 0.2) is 28.7 Å². The maximum Gasteiger partial charge on any atom is 0.251 e. The van der Waals surface area contributed by atoms with Crippen molar-refractivity contribution in [2.45, 2.75) is 33.3 Å². The van der Waals surface area contributed by atoms with Gasteiger partial charge in [0, 0.05) is 24.6 Å². The molecular weight excluding hydrogens is 282 g/mol. The lowest BCUT2D eigenvalue weighted by Gasteiger charge is -2.14. The minimum Gasteiger partial charge on any atom is -0.421 e. The van der Waals surface area contributed by atoms with Gasteiger partial charge in [0.15, 0.2) is 0 Å². The topological polar surface area (TPSA) is 88.2 Å². The molecule has 0 radical (unpaired) electrons. The van der Waals surface area contributed by atoms with E-state index in [4.69, 9.17) is 4.42 Å². The van der Waals surface area contributed by atoms with Crippen molar-refractivity contribution < 1.29 is 14.3 Å². The molecule has 1 heterocycles. The highest BCUT2D eigenvalue weighted by Gasteiger charge is 2.11. The van der Waals surface area contributed by atoms with E-state index in [-0.39, 0.29) is 17.9 Å². The van der Waals surface area contributed by atoms with Gasteiger partial charge in [0.25, 0.3) is 5.91 Å². The summed E-state index contributed by atoms with van der Waals surface area (Å²) in [4.78, 5) is 12.1. The number of hydrogen-bond donors (Lipinski definition) is 2. The van der Waals surface area contributed by atoms with Crippen molar-refractivity contribution >= 4 is 5.91 Å². The first kappa shape index (κ1) is 16.2. The molecule has 118 valence electrons. The summed E-state index contributed by atoms with van der Waals surface area (Å²) < 4.78 is 5.34. The van der Waals surface area contributed by atoms with Gasteiger partial charge in [0.2, 0.25) is 11.8 Å². The molecule has 0 spiro atoms. The van der Waals surface area contributed by atoms with E-state index in [1.54, 1.807) is 38.1 Å². The zero-order chi connectivity index (χ0) is 16.1. The van der Waals surface area contributed by atoms with E-state index in [1.807, 2.05) is 6.92 Å². The third-order valence-corrected chi connectivity index (χ3v) is 3.27. The zero-order valence-corrected chi connectivity index (χ0v) is 13.0. The van der Waals surface area contributed by atoms with E-state index in [0.717, 1.165) is 5.56 Å². The summed E-state index contributed by atoms with van der Waals surface area (Å²) in [5.41, 5.74) is 1.35. The van der Waals surface area contributed by atoms with Gasteiger partial charge >= 0.3 is 0 Å². The smallest absolute Gasteiger partial charge is 0.251 e. The van der Waals surface area contributed by atoms with Crippen LogP contribution < -0.4 is 5.32 Å². The number of aryl methyl sites for hydroxylation is 1. The van der Waals surface area contributed by atoms with Crippen LogP contribution in [0.1, 0.15) is 36.5 Å². The summed E-state index contributed by atoms with van der Waals surface area (Å²) in [7, 11) is 0. The number of hydrogen-bond acceptors (Lipinski definition) is 5. The predicted molar refractivity (Wildman–Crippen MR) is 82.3 cm³/mol. The Labute approximate surface area is 129 Å². The second kappa shape index (κ2) is 7.17. The van der Waals surface area contributed by atoms with E-state index in [0.29, 0.717) is 30.3 Å². The largest absolute Gasteiger partial charge is 0.421 e. The molecule has 2 atom stereocenters. The summed E-state index contributed by atoms with van der Waals surface area (Å²) in [6.07, 6.45) is 0.305. The molecule has 2 rings (SSSR count). The van der Waals surface area contributed by atoms with Crippen LogP contribution in [0.25, 0.3) is 11.5 Å². The Morgan fingerprint density at radius 3 is 2.50 bits per heavy atom. The Morgan fingerprint density at radius 2 is 1.95 bits per heavy atom. The van der Waals surface area contributed by atoms with Gasteiger partial charge < -0.3 is 14.8 Å². The normalized spacial score (nSPS) is 13.6. The van der Waals surface area contributed by atoms with Crippen LogP contribution in [0.5, 0.6) is 0 Å². The fourth-order valence-electron chi connectivity index (χ4n) is 2.21. The van der Waals surface area contributed by atoms with Gasteiger partial charge in [0.05, 0.1) is 6.10 Å². The van der Waals surface area contributed by atoms with Crippen LogP contribution >= 0.6 is 0 Å². The molecular formula is C16H21N3O3. The average Bonchev–Trinajstić information content (AvgIpc) is 2.91. The van der Waals surface area contributed by atoms with Crippen LogP contribution in [0.3, 0.4) is 0 Å². The molecule has 0 fully saturated rings. The number of carbonyl (C=O) groups is 1. The van der Waals surface area contributed by atoms with Crippen molar-refractivity contribution in [2.75, 3.05) is 6.54 Å². The second-order valence-corrected chi connectivity index (χ2v) is 5.60. The van der Waals surface area contributed by atoms with Crippen molar-refractivity contribution in [3.63, 3.8) is 0 Å². The first-order valence-corrected chi connectivity index (χ1v) is 7.32. The van der Waals surface area contributed by atoms with Crippen molar-refractivity contribution in [3.05, 3.63) is 35.7 Å². The lowest BCUT2D eigenvalue weighted by molar-refractivity contribution is 0.0939. The number of aliphatic hydroxyl groups is 1. The molecule has 1 aromatic heterocycles. The molecule has 2 aromatic rings. The molecule has 0 saturated heterocycles. The molecule has 0 bridgehead atoms. The SMILES string of the molecule is Cc1nnc(-c2ccc(C(=O)NCC(C)CC(C)O)cc2)o1. The van der Waals surface area contributed by atoms with Gasteiger partial charge in [0.1, 0.15) is 0 Å². The summed E-state index contributed by atoms with van der Waals surface area (Å²) >= 11 is 0. The van der Waals surface area contributed by atoms with E-state index < -0.39 is 0 Å². The van der Waals surface area contributed by atoms with Crippen molar-refractivity contribution in [1.82, 2.24) is 15.5 Å². The Kier molecular flexibility index (Phi) is 5.27. The summed E-state index contributed by atoms with van der Waals surface area (Å²) in [6, 6.07) is 7.01. The lowest BCUT2D eigenvalue weighted by atomic mass is 10.0. The number of aliphatic hydroxyl groups excluding tert-OH is 1. The maximum atomic E-state index is 12.1. The minimum absolute atomic E-state index is 0.134. The van der Waals surface area contributed by atoms with E-state index >= 15 is 0 Å². The second-order valence-electron chi connectivity index (χ2n) is 5.60. The number of nitrogens with one attached hydrogen (secondary N) is 1. The van der Waals surface area contributed by atoms with E-state index in [1.165, 1.54) is 0 Å². The monoisotopic (exact) mass is 303 g/mol. The van der Waals surface area contributed by atoms with Crippen LogP contribution in [-0.4, -0.2) is 33.9 Å². The Bertz CT molecular complexity index is 620. The van der Waals surface area contributed by atoms with Gasteiger partial charge in [-0.25, -0.2) is 0 Å². The molecule has 0 aliphatic carbocycles.